The number of aromatic nitrogens is 3. The Bertz CT molecular complexity index is 952. The third-order valence-electron chi connectivity index (χ3n) is 5.11. The molecule has 0 aliphatic carbocycles. The Morgan fingerprint density at radius 3 is 2.55 bits per heavy atom. The van der Waals surface area contributed by atoms with Crippen LogP contribution in [-0.2, 0) is 0 Å². The van der Waals surface area contributed by atoms with Gasteiger partial charge in [-0.05, 0) is 36.9 Å². The molecule has 1 unspecified atom stereocenters. The molecule has 1 aliphatic heterocycles. The van der Waals surface area contributed by atoms with Gasteiger partial charge in [0.2, 0.25) is 0 Å². The summed E-state index contributed by atoms with van der Waals surface area (Å²) in [6.45, 7) is 3.67. The lowest BCUT2D eigenvalue weighted by Gasteiger charge is -2.33. The number of rotatable bonds is 5. The first-order valence-electron chi connectivity index (χ1n) is 9.55. The number of pyridine rings is 1. The standard InChI is InChI=1S/C21H23FN6O/c1-27-10-12-28(13-11-27)18-14-16(6-7-23-18)21(29)26-19(20-24-8-9-25-20)15-2-4-17(22)5-3-15/h2-9,14,19H,10-13H2,1H3,(H,24,25)(H,26,29). The number of aromatic amines is 1. The van der Waals surface area contributed by atoms with Crippen molar-refractivity contribution >= 4 is 11.7 Å². The number of imidazole rings is 1. The van der Waals surface area contributed by atoms with Crippen molar-refractivity contribution in [2.75, 3.05) is 38.1 Å². The number of amides is 1. The lowest BCUT2D eigenvalue weighted by Crippen LogP contribution is -2.44. The molecular formula is C21H23FN6O. The average Bonchev–Trinajstić information content (AvgIpc) is 3.28. The molecule has 0 radical (unpaired) electrons. The van der Waals surface area contributed by atoms with Gasteiger partial charge in [0.25, 0.3) is 5.91 Å². The van der Waals surface area contributed by atoms with Crippen LogP contribution in [-0.4, -0.2) is 59.0 Å². The van der Waals surface area contributed by atoms with Gasteiger partial charge in [-0.3, -0.25) is 4.79 Å². The van der Waals surface area contributed by atoms with Gasteiger partial charge < -0.3 is 20.1 Å². The van der Waals surface area contributed by atoms with E-state index >= 15 is 0 Å². The molecule has 0 saturated carbocycles. The van der Waals surface area contributed by atoms with Gasteiger partial charge in [-0.2, -0.15) is 0 Å². The number of nitrogens with one attached hydrogen (secondary N) is 2. The maximum atomic E-state index is 13.3. The molecule has 150 valence electrons. The normalized spacial score (nSPS) is 15.9. The fourth-order valence-electron chi connectivity index (χ4n) is 3.38. The molecule has 2 N–H and O–H groups in total. The van der Waals surface area contributed by atoms with Crippen LogP contribution in [0.3, 0.4) is 0 Å². The van der Waals surface area contributed by atoms with Crippen molar-refractivity contribution in [3.8, 4) is 0 Å². The van der Waals surface area contributed by atoms with E-state index in [4.69, 9.17) is 0 Å². The number of nitrogens with zero attached hydrogens (tertiary/aromatic N) is 4. The molecule has 1 fully saturated rings. The molecule has 0 bridgehead atoms. The van der Waals surface area contributed by atoms with E-state index < -0.39 is 6.04 Å². The predicted molar refractivity (Wildman–Crippen MR) is 108 cm³/mol. The van der Waals surface area contributed by atoms with Crippen molar-refractivity contribution in [1.82, 2.24) is 25.2 Å². The summed E-state index contributed by atoms with van der Waals surface area (Å²) in [5.74, 6) is 0.804. The molecule has 0 spiro atoms. The first-order chi connectivity index (χ1) is 14.1. The fraction of sp³-hybridized carbons (Fsp3) is 0.286. The minimum atomic E-state index is -0.515. The Balaban J connectivity index is 1.55. The highest BCUT2D eigenvalue weighted by atomic mass is 19.1. The predicted octanol–water partition coefficient (Wildman–Crippen LogP) is 2.21. The largest absolute Gasteiger partial charge is 0.354 e. The lowest BCUT2D eigenvalue weighted by molar-refractivity contribution is 0.0941. The van der Waals surface area contributed by atoms with Crippen LogP contribution in [0.15, 0.2) is 55.0 Å². The van der Waals surface area contributed by atoms with Crippen LogP contribution in [0, 0.1) is 5.82 Å². The number of halogens is 1. The van der Waals surface area contributed by atoms with E-state index in [9.17, 15) is 9.18 Å². The number of likely N-dealkylation sites (N-methyl/N-ethyl adjacent to an activating group) is 1. The first-order valence-corrected chi connectivity index (χ1v) is 9.55. The van der Waals surface area contributed by atoms with Crippen LogP contribution in [0.1, 0.15) is 27.8 Å². The quantitative estimate of drug-likeness (QED) is 0.694. The number of hydrogen-bond acceptors (Lipinski definition) is 5. The van der Waals surface area contributed by atoms with Crippen LogP contribution in [0.4, 0.5) is 10.2 Å². The van der Waals surface area contributed by atoms with Crippen molar-refractivity contribution in [3.63, 3.8) is 0 Å². The molecule has 4 rings (SSSR count). The van der Waals surface area contributed by atoms with Gasteiger partial charge in [0.05, 0.1) is 0 Å². The molecule has 1 aliphatic rings. The molecule has 29 heavy (non-hydrogen) atoms. The molecule has 1 saturated heterocycles. The number of hydrogen-bond donors (Lipinski definition) is 2. The van der Waals surface area contributed by atoms with Gasteiger partial charge in [0.15, 0.2) is 0 Å². The van der Waals surface area contributed by atoms with Gasteiger partial charge in [-0.15, -0.1) is 0 Å². The minimum absolute atomic E-state index is 0.242. The van der Waals surface area contributed by atoms with Crippen LogP contribution in [0.2, 0.25) is 0 Å². The molecule has 2 aromatic heterocycles. The molecule has 1 amide bonds. The molecule has 8 heteroatoms. The summed E-state index contributed by atoms with van der Waals surface area (Å²) in [6, 6.07) is 9.02. The summed E-state index contributed by atoms with van der Waals surface area (Å²) in [7, 11) is 2.10. The maximum Gasteiger partial charge on any atom is 0.252 e. The second kappa shape index (κ2) is 8.40. The summed E-state index contributed by atoms with van der Waals surface area (Å²) in [5.41, 5.74) is 1.26. The lowest BCUT2D eigenvalue weighted by atomic mass is 10.1. The van der Waals surface area contributed by atoms with E-state index in [1.807, 2.05) is 6.07 Å². The van der Waals surface area contributed by atoms with E-state index in [1.54, 1.807) is 36.8 Å². The van der Waals surface area contributed by atoms with Crippen LogP contribution in [0.5, 0.6) is 0 Å². The van der Waals surface area contributed by atoms with Gasteiger partial charge in [-0.1, -0.05) is 12.1 Å². The van der Waals surface area contributed by atoms with Crippen LogP contribution in [0.25, 0.3) is 0 Å². The summed E-state index contributed by atoms with van der Waals surface area (Å²) in [6.07, 6.45) is 4.97. The third kappa shape index (κ3) is 4.43. The zero-order valence-electron chi connectivity index (χ0n) is 16.2. The van der Waals surface area contributed by atoms with E-state index in [1.165, 1.54) is 12.1 Å². The van der Waals surface area contributed by atoms with E-state index in [2.05, 4.69) is 37.1 Å². The second-order valence-electron chi connectivity index (χ2n) is 7.13. The van der Waals surface area contributed by atoms with Crippen molar-refractivity contribution in [2.24, 2.45) is 0 Å². The molecule has 1 aromatic carbocycles. The monoisotopic (exact) mass is 394 g/mol. The number of anilines is 1. The highest BCUT2D eigenvalue weighted by Crippen LogP contribution is 2.21. The fourth-order valence-corrected chi connectivity index (χ4v) is 3.38. The van der Waals surface area contributed by atoms with Crippen molar-refractivity contribution in [1.29, 1.82) is 0 Å². The summed E-state index contributed by atoms with van der Waals surface area (Å²) < 4.78 is 13.3. The van der Waals surface area contributed by atoms with Crippen molar-refractivity contribution in [2.45, 2.75) is 6.04 Å². The van der Waals surface area contributed by atoms with Gasteiger partial charge in [0, 0.05) is 50.3 Å². The highest BCUT2D eigenvalue weighted by molar-refractivity contribution is 5.95. The number of benzene rings is 1. The highest BCUT2D eigenvalue weighted by Gasteiger charge is 2.21. The minimum Gasteiger partial charge on any atom is -0.354 e. The van der Waals surface area contributed by atoms with Gasteiger partial charge in [0.1, 0.15) is 23.5 Å². The average molecular weight is 394 g/mol. The SMILES string of the molecule is CN1CCN(c2cc(C(=O)NC(c3ccc(F)cc3)c3ncc[nH]3)ccn2)CC1. The number of carbonyl (C=O) groups excluding carboxylic acids is 1. The zero-order valence-corrected chi connectivity index (χ0v) is 16.2. The van der Waals surface area contributed by atoms with Gasteiger partial charge in [-0.25, -0.2) is 14.4 Å². The van der Waals surface area contributed by atoms with E-state index in [-0.39, 0.29) is 11.7 Å². The molecular weight excluding hydrogens is 371 g/mol. The van der Waals surface area contributed by atoms with Crippen molar-refractivity contribution in [3.05, 3.63) is 77.8 Å². The van der Waals surface area contributed by atoms with Crippen LogP contribution < -0.4 is 10.2 Å². The first kappa shape index (κ1) is 19.1. The maximum absolute atomic E-state index is 13.3. The van der Waals surface area contributed by atoms with Gasteiger partial charge >= 0.3 is 0 Å². The Hall–Kier alpha value is -3.26. The molecule has 3 heterocycles. The molecule has 7 nitrogen and oxygen atoms in total. The van der Waals surface area contributed by atoms with E-state index in [0.717, 1.165) is 37.6 Å². The summed E-state index contributed by atoms with van der Waals surface area (Å²) in [4.78, 5) is 29.2. The number of carbonyl (C=O) groups is 1. The topological polar surface area (TPSA) is 77.1 Å². The zero-order chi connectivity index (χ0) is 20.2. The number of piperazine rings is 1. The van der Waals surface area contributed by atoms with Crippen molar-refractivity contribution < 1.29 is 9.18 Å². The Morgan fingerprint density at radius 2 is 1.86 bits per heavy atom. The smallest absolute Gasteiger partial charge is 0.252 e. The summed E-state index contributed by atoms with van der Waals surface area (Å²) in [5, 5.41) is 3.00. The Morgan fingerprint density at radius 1 is 1.10 bits per heavy atom. The van der Waals surface area contributed by atoms with E-state index in [0.29, 0.717) is 11.4 Å². The molecule has 3 aromatic rings. The molecule has 1 atom stereocenters. The Labute approximate surface area is 168 Å². The third-order valence-corrected chi connectivity index (χ3v) is 5.11. The summed E-state index contributed by atoms with van der Waals surface area (Å²) >= 11 is 0. The second-order valence-corrected chi connectivity index (χ2v) is 7.13. The van der Waals surface area contributed by atoms with Crippen LogP contribution >= 0.6 is 0 Å². The number of H-pyrrole nitrogens is 1. The Kier molecular flexibility index (Phi) is 5.53.